The summed E-state index contributed by atoms with van der Waals surface area (Å²) in [4.78, 5) is 25.3. The molecule has 2 unspecified atom stereocenters. The zero-order chi connectivity index (χ0) is 13.7. The Kier molecular flexibility index (Phi) is 2.67. The summed E-state index contributed by atoms with van der Waals surface area (Å²) in [5.74, 6) is 1.50. The number of nitrogens with one attached hydrogen (secondary N) is 2. The Morgan fingerprint density at radius 1 is 1.35 bits per heavy atom. The van der Waals surface area contributed by atoms with E-state index >= 15 is 0 Å². The van der Waals surface area contributed by atoms with Crippen molar-refractivity contribution in [2.75, 3.05) is 6.54 Å². The van der Waals surface area contributed by atoms with Crippen molar-refractivity contribution >= 4 is 11.8 Å². The van der Waals surface area contributed by atoms with E-state index in [1.54, 1.807) is 12.3 Å². The van der Waals surface area contributed by atoms with Gasteiger partial charge in [0.1, 0.15) is 6.54 Å². The van der Waals surface area contributed by atoms with Crippen LogP contribution in [0.2, 0.25) is 0 Å². The number of carbonyl (C=O) groups excluding carboxylic acids is 2. The van der Waals surface area contributed by atoms with Crippen molar-refractivity contribution in [2.24, 2.45) is 11.8 Å². The van der Waals surface area contributed by atoms with Crippen molar-refractivity contribution in [1.29, 1.82) is 0 Å². The fourth-order valence-electron chi connectivity index (χ4n) is 4.81. The van der Waals surface area contributed by atoms with Gasteiger partial charge in [-0.3, -0.25) is 14.9 Å². The van der Waals surface area contributed by atoms with Crippen molar-refractivity contribution in [3.05, 3.63) is 12.3 Å². The minimum Gasteiger partial charge on any atom is -0.336 e. The first-order chi connectivity index (χ1) is 9.62. The average Bonchev–Trinajstić information content (AvgIpc) is 2.72. The summed E-state index contributed by atoms with van der Waals surface area (Å²) in [7, 11) is 0. The molecule has 0 aromatic heterocycles. The van der Waals surface area contributed by atoms with Crippen LogP contribution in [-0.2, 0) is 9.59 Å². The Bertz CT molecular complexity index is 450. The van der Waals surface area contributed by atoms with Gasteiger partial charge in [0.15, 0.2) is 0 Å². The van der Waals surface area contributed by atoms with Crippen LogP contribution < -0.4 is 10.6 Å². The molecular formula is C15H21N3O2. The van der Waals surface area contributed by atoms with E-state index in [9.17, 15) is 9.59 Å². The van der Waals surface area contributed by atoms with Crippen molar-refractivity contribution in [3.8, 4) is 0 Å². The van der Waals surface area contributed by atoms with Gasteiger partial charge in [0.05, 0.1) is 5.66 Å². The predicted molar refractivity (Wildman–Crippen MR) is 73.3 cm³/mol. The van der Waals surface area contributed by atoms with Crippen LogP contribution in [0.3, 0.4) is 0 Å². The molecule has 2 amide bonds. The highest BCUT2D eigenvalue weighted by molar-refractivity contribution is 5.88. The molecule has 0 aromatic carbocycles. The van der Waals surface area contributed by atoms with E-state index in [1.807, 2.05) is 0 Å². The third-order valence-corrected chi connectivity index (χ3v) is 5.25. The molecule has 108 valence electrons. The Morgan fingerprint density at radius 2 is 2.10 bits per heavy atom. The van der Waals surface area contributed by atoms with Gasteiger partial charge < -0.3 is 10.2 Å². The molecule has 4 bridgehead atoms. The van der Waals surface area contributed by atoms with Gasteiger partial charge in [-0.05, 0) is 43.9 Å². The molecule has 3 aliphatic heterocycles. The highest BCUT2D eigenvalue weighted by Gasteiger charge is 2.51. The molecule has 2 saturated carbocycles. The van der Waals surface area contributed by atoms with Crippen LogP contribution in [0.15, 0.2) is 12.3 Å². The molecule has 0 aromatic rings. The fourth-order valence-corrected chi connectivity index (χ4v) is 4.81. The Labute approximate surface area is 118 Å². The lowest BCUT2D eigenvalue weighted by Crippen LogP contribution is -2.71. The van der Waals surface area contributed by atoms with E-state index in [2.05, 4.69) is 10.6 Å². The number of nitrogens with zero attached hydrogens (tertiary/aromatic N) is 1. The highest BCUT2D eigenvalue weighted by Crippen LogP contribution is 2.48. The first-order valence-electron chi connectivity index (χ1n) is 7.67. The number of rotatable bonds is 3. The summed E-state index contributed by atoms with van der Waals surface area (Å²) in [6.07, 6.45) is 9.91. The Hall–Kier alpha value is -1.36. The lowest BCUT2D eigenvalue weighted by molar-refractivity contribution is -0.134. The van der Waals surface area contributed by atoms with Gasteiger partial charge in [-0.15, -0.1) is 0 Å². The van der Waals surface area contributed by atoms with Crippen molar-refractivity contribution in [3.63, 3.8) is 0 Å². The largest absolute Gasteiger partial charge is 0.336 e. The molecule has 0 spiro atoms. The molecular weight excluding hydrogens is 254 g/mol. The van der Waals surface area contributed by atoms with Crippen molar-refractivity contribution < 1.29 is 9.59 Å². The first-order valence-corrected chi connectivity index (χ1v) is 7.67. The summed E-state index contributed by atoms with van der Waals surface area (Å²) in [5, 5.41) is 6.83. The maximum Gasteiger partial charge on any atom is 0.241 e. The normalized spacial score (nSPS) is 41.5. The molecule has 5 aliphatic rings. The molecule has 5 rings (SSSR count). The minimum absolute atomic E-state index is 0.0126. The summed E-state index contributed by atoms with van der Waals surface area (Å²) in [6.45, 7) is 0.152. The molecule has 2 aliphatic carbocycles. The van der Waals surface area contributed by atoms with Gasteiger partial charge in [0.25, 0.3) is 0 Å². The lowest BCUT2D eigenvalue weighted by Gasteiger charge is -2.57. The molecule has 20 heavy (non-hydrogen) atoms. The van der Waals surface area contributed by atoms with Crippen LogP contribution in [0.25, 0.3) is 0 Å². The van der Waals surface area contributed by atoms with Crippen LogP contribution >= 0.6 is 0 Å². The number of hydrogen-bond acceptors (Lipinski definition) is 3. The maximum absolute atomic E-state index is 12.3. The zero-order valence-corrected chi connectivity index (χ0v) is 11.6. The molecule has 5 heteroatoms. The first kappa shape index (κ1) is 12.4. The van der Waals surface area contributed by atoms with E-state index in [4.69, 9.17) is 0 Å². The summed E-state index contributed by atoms with van der Waals surface area (Å²) < 4.78 is 0. The van der Waals surface area contributed by atoms with E-state index in [0.29, 0.717) is 12.5 Å². The van der Waals surface area contributed by atoms with Crippen molar-refractivity contribution in [2.45, 2.75) is 50.2 Å². The number of hydrogen-bond donors (Lipinski definition) is 2. The Balaban J connectivity index is 1.42. The van der Waals surface area contributed by atoms with Crippen LogP contribution in [0.4, 0.5) is 0 Å². The van der Waals surface area contributed by atoms with Crippen LogP contribution in [-0.4, -0.2) is 35.0 Å². The molecule has 3 heterocycles. The smallest absolute Gasteiger partial charge is 0.241 e. The van der Waals surface area contributed by atoms with Gasteiger partial charge in [-0.1, -0.05) is 6.08 Å². The second-order valence-corrected chi connectivity index (χ2v) is 6.93. The maximum atomic E-state index is 12.3. The predicted octanol–water partition coefficient (Wildman–Crippen LogP) is 0.727. The second kappa shape index (κ2) is 4.32. The van der Waals surface area contributed by atoms with E-state index in [0.717, 1.165) is 24.7 Å². The molecule has 0 radical (unpaired) electrons. The SMILES string of the molecule is O=C(CN1C=CCC1=O)NC12CC3CC(CC(C3)N1)C2. The topological polar surface area (TPSA) is 61.4 Å². The quantitative estimate of drug-likeness (QED) is 0.798. The van der Waals surface area contributed by atoms with Crippen LogP contribution in [0.5, 0.6) is 0 Å². The van der Waals surface area contributed by atoms with E-state index in [-0.39, 0.29) is 24.0 Å². The van der Waals surface area contributed by atoms with E-state index < -0.39 is 0 Å². The van der Waals surface area contributed by atoms with E-state index in [1.165, 1.54) is 24.2 Å². The monoisotopic (exact) mass is 275 g/mol. The summed E-state index contributed by atoms with van der Waals surface area (Å²) in [5.41, 5.74) is -0.196. The standard InChI is InChI=1S/C15H21N3O2/c19-13(9-18-3-1-2-14(18)20)17-15-7-10-4-11(8-15)6-12(5-10)16-15/h1,3,10-12,16H,2,4-9H2,(H,17,19). The van der Waals surface area contributed by atoms with Crippen molar-refractivity contribution in [1.82, 2.24) is 15.5 Å². The van der Waals surface area contributed by atoms with Crippen LogP contribution in [0, 0.1) is 11.8 Å². The van der Waals surface area contributed by atoms with Gasteiger partial charge in [-0.2, -0.15) is 0 Å². The minimum atomic E-state index is -0.196. The fraction of sp³-hybridized carbons (Fsp3) is 0.733. The van der Waals surface area contributed by atoms with Crippen LogP contribution in [0.1, 0.15) is 38.5 Å². The summed E-state index contributed by atoms with van der Waals surface area (Å²) in [6, 6.07) is 0.579. The molecule has 5 nitrogen and oxygen atoms in total. The lowest BCUT2D eigenvalue weighted by atomic mass is 9.62. The summed E-state index contributed by atoms with van der Waals surface area (Å²) >= 11 is 0. The molecule has 2 N–H and O–H groups in total. The number of piperidine rings is 2. The number of carbonyl (C=O) groups is 2. The number of amides is 2. The average molecular weight is 275 g/mol. The van der Waals surface area contributed by atoms with Gasteiger partial charge >= 0.3 is 0 Å². The third-order valence-electron chi connectivity index (χ3n) is 5.25. The highest BCUT2D eigenvalue weighted by atomic mass is 16.2. The third kappa shape index (κ3) is 2.04. The molecule has 2 atom stereocenters. The van der Waals surface area contributed by atoms with Gasteiger partial charge in [-0.25, -0.2) is 0 Å². The van der Waals surface area contributed by atoms with Gasteiger partial charge in [0.2, 0.25) is 11.8 Å². The zero-order valence-electron chi connectivity index (χ0n) is 11.6. The molecule has 4 fully saturated rings. The second-order valence-electron chi connectivity index (χ2n) is 6.93. The Morgan fingerprint density at radius 3 is 2.70 bits per heavy atom. The van der Waals surface area contributed by atoms with Gasteiger partial charge in [0, 0.05) is 18.7 Å². The molecule has 2 saturated heterocycles.